The van der Waals surface area contributed by atoms with Gasteiger partial charge in [-0.3, -0.25) is 0 Å². The molecule has 0 fully saturated rings. The molecule has 18 rings (SSSR count). The number of furan rings is 2. The second-order valence-electron chi connectivity index (χ2n) is 24.9. The molecule has 94 heavy (non-hydrogen) atoms. The van der Waals surface area contributed by atoms with Crippen LogP contribution in [0.5, 0.6) is 0 Å². The van der Waals surface area contributed by atoms with Crippen molar-refractivity contribution in [2.45, 2.75) is 27.7 Å². The van der Waals surface area contributed by atoms with Crippen LogP contribution in [-0.4, -0.2) is 0 Å². The Morgan fingerprint density at radius 1 is 0.234 bits per heavy atom. The maximum atomic E-state index is 6.25. The standard InChI is InChI=1S/C88H60N2O2S2/c1-53-15-13-21-67(63-35-45-85-75(51-63)71-19-7-11-25-83(71)93-85)87(53)89(65-37-27-57(28-38-65)61-33-43-81-73(49-61)69-17-5-9-23-79(69)91-81)77-41-31-59(47-55(77)3)60-32-42-78(56(4)48-60)90(66-39-29-58(30-40-66)62-34-44-82-74(50-62)70-18-6-10-24-80(70)92-82)88-54(2)16-14-22-68(88)64-36-46-86-76(52-64)72-20-8-12-26-84(72)94-86/h5-52H,1-4H3. The summed E-state index contributed by atoms with van der Waals surface area (Å²) in [6.07, 6.45) is 0. The molecule has 0 radical (unpaired) electrons. The van der Waals surface area contributed by atoms with E-state index in [4.69, 9.17) is 8.83 Å². The van der Waals surface area contributed by atoms with Crippen molar-refractivity contribution in [2.24, 2.45) is 0 Å². The number of hydrogen-bond acceptors (Lipinski definition) is 6. The first-order valence-corrected chi connectivity index (χ1v) is 33.7. The summed E-state index contributed by atoms with van der Waals surface area (Å²) in [5, 5.41) is 9.64. The van der Waals surface area contributed by atoms with Crippen molar-refractivity contribution in [3.05, 3.63) is 313 Å². The van der Waals surface area contributed by atoms with Crippen molar-refractivity contribution in [1.82, 2.24) is 0 Å². The fourth-order valence-corrected chi connectivity index (χ4v) is 16.7. The van der Waals surface area contributed by atoms with E-state index in [-0.39, 0.29) is 0 Å². The van der Waals surface area contributed by atoms with Crippen LogP contribution in [0.3, 0.4) is 0 Å². The Morgan fingerprint density at radius 2 is 0.574 bits per heavy atom. The third-order valence-corrected chi connectivity index (χ3v) is 21.5. The van der Waals surface area contributed by atoms with E-state index >= 15 is 0 Å². The highest BCUT2D eigenvalue weighted by Crippen LogP contribution is 2.50. The first-order valence-electron chi connectivity index (χ1n) is 32.1. The monoisotopic (exact) mass is 1240 g/mol. The van der Waals surface area contributed by atoms with Gasteiger partial charge in [0.1, 0.15) is 22.3 Å². The zero-order chi connectivity index (χ0) is 62.7. The van der Waals surface area contributed by atoms with Crippen molar-refractivity contribution in [2.75, 3.05) is 9.80 Å². The zero-order valence-electron chi connectivity index (χ0n) is 52.2. The van der Waals surface area contributed by atoms with Crippen LogP contribution in [0.25, 0.3) is 140 Å². The summed E-state index contributed by atoms with van der Waals surface area (Å²) < 4.78 is 17.7. The van der Waals surface area contributed by atoms with E-state index in [2.05, 4.69) is 304 Å². The Kier molecular flexibility index (Phi) is 13.1. The van der Waals surface area contributed by atoms with Crippen LogP contribution in [0.4, 0.5) is 34.1 Å². The van der Waals surface area contributed by atoms with Gasteiger partial charge in [0.15, 0.2) is 0 Å². The third-order valence-electron chi connectivity index (χ3n) is 19.2. The van der Waals surface area contributed by atoms with E-state index in [0.29, 0.717) is 0 Å². The molecule has 4 heterocycles. The number of fused-ring (bicyclic) bond motifs is 12. The molecule has 14 aromatic carbocycles. The summed E-state index contributed by atoms with van der Waals surface area (Å²) in [5.41, 5.74) is 26.6. The largest absolute Gasteiger partial charge is 0.456 e. The first-order chi connectivity index (χ1) is 46.2. The molecule has 446 valence electrons. The first kappa shape index (κ1) is 55.6. The van der Waals surface area contributed by atoms with Crippen LogP contribution in [-0.2, 0) is 0 Å². The fraction of sp³-hybridized carbons (Fsp3) is 0.0455. The van der Waals surface area contributed by atoms with Crippen LogP contribution in [0.1, 0.15) is 22.3 Å². The average Bonchev–Trinajstić information content (AvgIpc) is 0.903. The van der Waals surface area contributed by atoms with Crippen LogP contribution < -0.4 is 9.80 Å². The van der Waals surface area contributed by atoms with Gasteiger partial charge in [0.05, 0.1) is 11.4 Å². The molecule has 0 spiro atoms. The molecule has 0 saturated heterocycles. The van der Waals surface area contributed by atoms with E-state index < -0.39 is 0 Å². The Hall–Kier alpha value is -11.3. The number of anilines is 6. The molecule has 4 nitrogen and oxygen atoms in total. The third kappa shape index (κ3) is 9.31. The highest BCUT2D eigenvalue weighted by atomic mass is 32.1. The minimum atomic E-state index is 0.894. The van der Waals surface area contributed by atoms with Gasteiger partial charge in [0.2, 0.25) is 0 Å². The lowest BCUT2D eigenvalue weighted by atomic mass is 9.94. The molecule has 0 aliphatic heterocycles. The molecule has 0 amide bonds. The maximum Gasteiger partial charge on any atom is 0.135 e. The minimum absolute atomic E-state index is 0.894. The van der Waals surface area contributed by atoms with Crippen molar-refractivity contribution in [3.8, 4) is 55.6 Å². The molecule has 0 atom stereocenters. The van der Waals surface area contributed by atoms with Crippen LogP contribution in [0, 0.1) is 27.7 Å². The molecule has 0 aliphatic rings. The van der Waals surface area contributed by atoms with Crippen molar-refractivity contribution < 1.29 is 8.83 Å². The quantitative estimate of drug-likeness (QED) is 0.129. The number of thiophene rings is 2. The van der Waals surface area contributed by atoms with Gasteiger partial charge in [-0.05, 0) is 216 Å². The van der Waals surface area contributed by atoms with Crippen molar-refractivity contribution in [3.63, 3.8) is 0 Å². The predicted octanol–water partition coefficient (Wildman–Crippen LogP) is 26.7. The van der Waals surface area contributed by atoms with E-state index in [1.54, 1.807) is 0 Å². The van der Waals surface area contributed by atoms with Gasteiger partial charge in [-0.15, -0.1) is 22.7 Å². The molecular weight excluding hydrogens is 1180 g/mol. The van der Waals surface area contributed by atoms with Crippen molar-refractivity contribution in [1.29, 1.82) is 0 Å². The topological polar surface area (TPSA) is 32.8 Å². The zero-order valence-corrected chi connectivity index (χ0v) is 53.9. The van der Waals surface area contributed by atoms with Crippen LogP contribution in [0.2, 0.25) is 0 Å². The highest BCUT2D eigenvalue weighted by Gasteiger charge is 2.25. The molecule has 6 heteroatoms. The Labute approximate surface area is 552 Å². The summed E-state index contributed by atoms with van der Waals surface area (Å²) >= 11 is 3.71. The number of aryl methyl sites for hydroxylation is 4. The lowest BCUT2D eigenvalue weighted by Gasteiger charge is -2.31. The summed E-state index contributed by atoms with van der Waals surface area (Å²) in [4.78, 5) is 4.98. The minimum Gasteiger partial charge on any atom is -0.456 e. The Morgan fingerprint density at radius 3 is 1.01 bits per heavy atom. The van der Waals surface area contributed by atoms with E-state index in [1.807, 2.05) is 46.9 Å². The van der Waals surface area contributed by atoms with Crippen molar-refractivity contribution >= 4 is 141 Å². The average molecular weight is 1240 g/mol. The van der Waals surface area contributed by atoms with Gasteiger partial charge in [-0.1, -0.05) is 170 Å². The fourth-order valence-electron chi connectivity index (χ4n) is 14.5. The van der Waals surface area contributed by atoms with Crippen LogP contribution >= 0.6 is 22.7 Å². The van der Waals surface area contributed by atoms with Crippen LogP contribution in [0.15, 0.2) is 300 Å². The normalized spacial score (nSPS) is 11.8. The number of hydrogen-bond donors (Lipinski definition) is 0. The predicted molar refractivity (Wildman–Crippen MR) is 402 cm³/mol. The second kappa shape index (κ2) is 22.2. The Balaban J connectivity index is 0.750. The van der Waals surface area contributed by atoms with Gasteiger partial charge in [0.25, 0.3) is 0 Å². The summed E-state index contributed by atoms with van der Waals surface area (Å²) in [7, 11) is 0. The Bertz CT molecular complexity index is 5690. The molecular formula is C88H60N2O2S2. The van der Waals surface area contributed by atoms with Gasteiger partial charge < -0.3 is 18.6 Å². The number of rotatable bonds is 11. The maximum absolute atomic E-state index is 6.25. The molecule has 18 aromatic rings. The number of para-hydroxylation sites is 4. The molecule has 4 aromatic heterocycles. The highest BCUT2D eigenvalue weighted by molar-refractivity contribution is 7.26. The smallest absolute Gasteiger partial charge is 0.135 e. The van der Waals surface area contributed by atoms with E-state index in [0.717, 1.165) is 123 Å². The summed E-state index contributed by atoms with van der Waals surface area (Å²) in [5.74, 6) is 0. The summed E-state index contributed by atoms with van der Waals surface area (Å²) in [6, 6.07) is 107. The number of nitrogens with zero attached hydrogens (tertiary/aromatic N) is 2. The molecule has 0 unspecified atom stereocenters. The van der Waals surface area contributed by atoms with Gasteiger partial charge >= 0.3 is 0 Å². The SMILES string of the molecule is Cc1cc(-c2ccc(N(c3ccc(-c4ccc5oc6ccccc6c5c4)cc3)c3c(C)cccc3-c3ccc4sc5ccccc5c4c3)c(C)c2)ccc1N(c1ccc(-c2ccc3oc4ccccc4c3c2)cc1)c1c(C)cccc1-c1ccc2sc3ccccc3c2c1. The van der Waals surface area contributed by atoms with E-state index in [9.17, 15) is 0 Å². The molecule has 0 saturated carbocycles. The van der Waals surface area contributed by atoms with Gasteiger partial charge in [0, 0.05) is 95.8 Å². The lowest BCUT2D eigenvalue weighted by molar-refractivity contribution is 0.668. The second-order valence-corrected chi connectivity index (χ2v) is 27.1. The lowest BCUT2D eigenvalue weighted by Crippen LogP contribution is -2.14. The number of benzene rings is 14. The van der Waals surface area contributed by atoms with Gasteiger partial charge in [-0.2, -0.15) is 0 Å². The molecule has 0 aliphatic carbocycles. The van der Waals surface area contributed by atoms with E-state index in [1.165, 1.54) is 73.7 Å². The van der Waals surface area contributed by atoms with Gasteiger partial charge in [-0.25, -0.2) is 0 Å². The molecule has 0 bridgehead atoms. The molecule has 0 N–H and O–H groups in total. The summed E-state index contributed by atoms with van der Waals surface area (Å²) in [6.45, 7) is 9.04.